The number of aromatic nitrogens is 1. The Kier molecular flexibility index (Phi) is 8.70. The van der Waals surface area contributed by atoms with Crippen LogP contribution in [0.4, 0.5) is 13.2 Å². The van der Waals surface area contributed by atoms with Crippen LogP contribution in [0.5, 0.6) is 5.75 Å². The number of ether oxygens (including phenoxy) is 1. The van der Waals surface area contributed by atoms with Gasteiger partial charge in [-0.1, -0.05) is 41.5 Å². The molecule has 35 heavy (non-hydrogen) atoms. The highest BCUT2D eigenvalue weighted by atomic mass is 19.4. The van der Waals surface area contributed by atoms with Crippen molar-refractivity contribution in [2.75, 3.05) is 19.7 Å². The maximum absolute atomic E-state index is 10.6. The van der Waals surface area contributed by atoms with Gasteiger partial charge in [0, 0.05) is 25.1 Å². The van der Waals surface area contributed by atoms with Crippen molar-refractivity contribution in [3.63, 3.8) is 0 Å². The zero-order chi connectivity index (χ0) is 25.4. The molecule has 1 aliphatic rings. The van der Waals surface area contributed by atoms with E-state index in [2.05, 4.69) is 35.4 Å². The van der Waals surface area contributed by atoms with Gasteiger partial charge in [0.15, 0.2) is 0 Å². The number of hydrogen-bond donors (Lipinski definition) is 2. The average Bonchev–Trinajstić information content (AvgIpc) is 3.39. The lowest BCUT2D eigenvalue weighted by atomic mass is 10.0. The lowest BCUT2D eigenvalue weighted by Gasteiger charge is -2.09. The van der Waals surface area contributed by atoms with Crippen molar-refractivity contribution in [2.24, 2.45) is 0 Å². The minimum Gasteiger partial charge on any atom is -0.493 e. The molecule has 1 aromatic heterocycles. The summed E-state index contributed by atoms with van der Waals surface area (Å²) in [4.78, 5) is 13.5. The first-order valence-corrected chi connectivity index (χ1v) is 11.0. The van der Waals surface area contributed by atoms with Crippen molar-refractivity contribution in [3.05, 3.63) is 82.8 Å². The predicted octanol–water partition coefficient (Wildman–Crippen LogP) is 5.37. The van der Waals surface area contributed by atoms with Crippen LogP contribution in [0.1, 0.15) is 23.9 Å². The first kappa shape index (κ1) is 26.0. The van der Waals surface area contributed by atoms with Crippen LogP contribution in [-0.2, 0) is 17.6 Å². The average molecular weight is 489 g/mol. The van der Waals surface area contributed by atoms with Gasteiger partial charge in [-0.05, 0) is 50.1 Å². The number of aryl methyl sites for hydroxylation is 1. The van der Waals surface area contributed by atoms with E-state index in [1.165, 1.54) is 16.7 Å². The van der Waals surface area contributed by atoms with Crippen molar-refractivity contribution in [3.8, 4) is 17.2 Å². The van der Waals surface area contributed by atoms with Crippen LogP contribution in [-0.4, -0.2) is 41.9 Å². The van der Waals surface area contributed by atoms with E-state index in [0.29, 0.717) is 12.5 Å². The fourth-order valence-corrected chi connectivity index (χ4v) is 3.51. The van der Waals surface area contributed by atoms with Crippen LogP contribution in [0, 0.1) is 6.92 Å². The minimum atomic E-state index is -5.08. The second-order valence-corrected chi connectivity index (χ2v) is 8.10. The Labute approximate surface area is 201 Å². The molecule has 4 rings (SSSR count). The minimum absolute atomic E-state index is 0.578. The van der Waals surface area contributed by atoms with Gasteiger partial charge >= 0.3 is 12.1 Å². The van der Waals surface area contributed by atoms with E-state index in [1.807, 2.05) is 43.3 Å². The highest BCUT2D eigenvalue weighted by Crippen LogP contribution is 2.23. The molecule has 2 aromatic carbocycles. The zero-order valence-electron chi connectivity index (χ0n) is 19.5. The third kappa shape index (κ3) is 7.71. The zero-order valence-corrected chi connectivity index (χ0v) is 19.5. The van der Waals surface area contributed by atoms with E-state index in [4.69, 9.17) is 19.1 Å². The number of hydrogen-bond acceptors (Lipinski definition) is 5. The van der Waals surface area contributed by atoms with Crippen molar-refractivity contribution in [2.45, 2.75) is 32.9 Å². The lowest BCUT2D eigenvalue weighted by molar-refractivity contribution is -0.192. The second kappa shape index (κ2) is 11.7. The number of carboxylic acid groups (broad SMARTS) is 1. The van der Waals surface area contributed by atoms with Gasteiger partial charge in [0.2, 0.25) is 5.89 Å². The Morgan fingerprint density at radius 1 is 1.11 bits per heavy atom. The summed E-state index contributed by atoms with van der Waals surface area (Å²) in [5, 5.41) is 10.5. The van der Waals surface area contributed by atoms with Gasteiger partial charge in [0.25, 0.3) is 0 Å². The van der Waals surface area contributed by atoms with Crippen molar-refractivity contribution in [1.29, 1.82) is 0 Å². The molecular formula is C26H27F3N2O4. The summed E-state index contributed by atoms with van der Waals surface area (Å²) >= 11 is 0. The van der Waals surface area contributed by atoms with Crippen LogP contribution in [0.3, 0.4) is 0 Å². The summed E-state index contributed by atoms with van der Waals surface area (Å²) in [5.74, 6) is -0.324. The summed E-state index contributed by atoms with van der Waals surface area (Å²) in [7, 11) is 0. The number of nitrogens with zero attached hydrogens (tertiary/aromatic N) is 1. The molecule has 9 heteroatoms. The Bertz CT molecular complexity index is 1170. The topological polar surface area (TPSA) is 84.6 Å². The van der Waals surface area contributed by atoms with E-state index in [0.717, 1.165) is 48.7 Å². The SMILES string of the molecule is CC1=C(Cc2cccc(OCCc3nc(-c4ccccc4)oc3C)c2)CNC1.O=C(O)C(F)(F)F. The Morgan fingerprint density at radius 2 is 1.83 bits per heavy atom. The number of oxazole rings is 1. The first-order valence-electron chi connectivity index (χ1n) is 11.0. The predicted molar refractivity (Wildman–Crippen MR) is 125 cm³/mol. The molecule has 0 bridgehead atoms. The second-order valence-electron chi connectivity index (χ2n) is 8.10. The molecule has 0 unspecified atom stereocenters. The Morgan fingerprint density at radius 3 is 2.46 bits per heavy atom. The number of benzene rings is 2. The molecule has 0 aliphatic carbocycles. The summed E-state index contributed by atoms with van der Waals surface area (Å²) in [6.45, 7) is 6.74. The van der Waals surface area contributed by atoms with Crippen molar-refractivity contribution >= 4 is 5.97 Å². The molecule has 2 heterocycles. The standard InChI is InChI=1S/C24H26N2O2.C2HF3O2/c1-17-15-25-16-21(17)13-19-7-6-10-22(14-19)27-12-11-23-18(2)28-24(26-23)20-8-4-3-5-9-20;3-2(4,5)1(6)7/h3-10,14,25H,11-13,15-16H2,1-2H3;(H,6,7). The monoisotopic (exact) mass is 488 g/mol. The fourth-order valence-electron chi connectivity index (χ4n) is 3.51. The summed E-state index contributed by atoms with van der Waals surface area (Å²) < 4.78 is 43.6. The fraction of sp³-hybridized carbons (Fsp3) is 0.308. The van der Waals surface area contributed by atoms with Crippen LogP contribution in [0.2, 0.25) is 0 Å². The van der Waals surface area contributed by atoms with Crippen LogP contribution in [0.25, 0.3) is 11.5 Å². The molecule has 3 aromatic rings. The number of carbonyl (C=O) groups is 1. The number of rotatable bonds is 7. The quantitative estimate of drug-likeness (QED) is 0.435. The van der Waals surface area contributed by atoms with E-state index in [9.17, 15) is 13.2 Å². The van der Waals surface area contributed by atoms with Gasteiger partial charge in [0.05, 0.1) is 12.3 Å². The Balaban J connectivity index is 0.000000429. The molecule has 2 N–H and O–H groups in total. The molecule has 0 atom stereocenters. The normalized spacial score (nSPS) is 13.4. The highest BCUT2D eigenvalue weighted by molar-refractivity contribution is 5.73. The van der Waals surface area contributed by atoms with E-state index < -0.39 is 12.1 Å². The van der Waals surface area contributed by atoms with Gasteiger partial charge in [0.1, 0.15) is 11.5 Å². The number of nitrogens with one attached hydrogen (secondary N) is 1. The molecule has 0 spiro atoms. The molecule has 186 valence electrons. The van der Waals surface area contributed by atoms with Gasteiger partial charge in [-0.3, -0.25) is 0 Å². The van der Waals surface area contributed by atoms with Gasteiger partial charge in [-0.15, -0.1) is 0 Å². The molecule has 0 radical (unpaired) electrons. The maximum atomic E-state index is 10.6. The molecule has 0 saturated carbocycles. The maximum Gasteiger partial charge on any atom is 0.490 e. The van der Waals surface area contributed by atoms with Crippen LogP contribution >= 0.6 is 0 Å². The molecule has 0 amide bonds. The third-order valence-electron chi connectivity index (χ3n) is 5.41. The summed E-state index contributed by atoms with van der Waals surface area (Å²) in [6.07, 6.45) is -3.38. The number of halogens is 3. The molecule has 0 fully saturated rings. The molecule has 0 saturated heterocycles. The van der Waals surface area contributed by atoms with Crippen molar-refractivity contribution in [1.82, 2.24) is 10.3 Å². The van der Waals surface area contributed by atoms with Gasteiger partial charge in [-0.2, -0.15) is 13.2 Å². The third-order valence-corrected chi connectivity index (χ3v) is 5.41. The molecule has 6 nitrogen and oxygen atoms in total. The summed E-state index contributed by atoms with van der Waals surface area (Å²) in [6, 6.07) is 18.4. The number of aliphatic carboxylic acids is 1. The van der Waals surface area contributed by atoms with Gasteiger partial charge in [-0.25, -0.2) is 9.78 Å². The van der Waals surface area contributed by atoms with E-state index in [-0.39, 0.29) is 0 Å². The number of alkyl halides is 3. The molecule has 1 aliphatic heterocycles. The van der Waals surface area contributed by atoms with Crippen molar-refractivity contribution < 1.29 is 32.2 Å². The van der Waals surface area contributed by atoms with E-state index >= 15 is 0 Å². The molecular weight excluding hydrogens is 461 g/mol. The summed E-state index contributed by atoms with van der Waals surface area (Å²) in [5.41, 5.74) is 6.19. The van der Waals surface area contributed by atoms with Crippen LogP contribution < -0.4 is 10.1 Å². The van der Waals surface area contributed by atoms with Gasteiger partial charge < -0.3 is 19.6 Å². The van der Waals surface area contributed by atoms with E-state index in [1.54, 1.807) is 0 Å². The lowest BCUT2D eigenvalue weighted by Crippen LogP contribution is -2.21. The van der Waals surface area contributed by atoms with Crippen LogP contribution in [0.15, 0.2) is 70.2 Å². The largest absolute Gasteiger partial charge is 0.493 e. The smallest absolute Gasteiger partial charge is 0.490 e. The Hall–Kier alpha value is -3.59. The first-order chi connectivity index (χ1) is 16.6. The number of carboxylic acids is 1. The highest BCUT2D eigenvalue weighted by Gasteiger charge is 2.38.